The molecule has 4 N–H and O–H groups in total. The van der Waals surface area contributed by atoms with Gasteiger partial charge < -0.3 is 25.6 Å². The highest BCUT2D eigenvalue weighted by Crippen LogP contribution is 2.24. The first-order chi connectivity index (χ1) is 9.71. The van der Waals surface area contributed by atoms with Gasteiger partial charge in [-0.2, -0.15) is 0 Å². The van der Waals surface area contributed by atoms with Gasteiger partial charge in [-0.1, -0.05) is 6.07 Å². The topological polar surface area (TPSA) is 93.8 Å². The molecule has 1 aromatic carbocycles. The second-order valence-corrected chi connectivity index (χ2v) is 5.84. The maximum Gasteiger partial charge on any atom is 0.407 e. The summed E-state index contributed by atoms with van der Waals surface area (Å²) < 4.78 is 10.1. The van der Waals surface area contributed by atoms with Gasteiger partial charge in [0, 0.05) is 18.7 Å². The van der Waals surface area contributed by atoms with E-state index in [4.69, 9.17) is 15.2 Å². The Labute approximate surface area is 125 Å². The first kappa shape index (κ1) is 17.1. The number of carbonyl (C=O) groups excluding carboxylic acids is 1. The van der Waals surface area contributed by atoms with Crippen molar-refractivity contribution in [2.75, 3.05) is 13.7 Å². The van der Waals surface area contributed by atoms with Crippen molar-refractivity contribution in [3.05, 3.63) is 23.8 Å². The summed E-state index contributed by atoms with van der Waals surface area (Å²) in [4.78, 5) is 11.5. The number of amides is 1. The van der Waals surface area contributed by atoms with E-state index < -0.39 is 11.7 Å². The van der Waals surface area contributed by atoms with Gasteiger partial charge in [0.2, 0.25) is 0 Å². The third-order valence-electron chi connectivity index (χ3n) is 2.68. The Morgan fingerprint density at radius 3 is 2.62 bits per heavy atom. The maximum atomic E-state index is 11.5. The highest BCUT2D eigenvalue weighted by Gasteiger charge is 2.17. The molecule has 0 saturated carbocycles. The molecule has 1 aromatic rings. The standard InChI is InChI=1S/C15H24N2O4/c1-15(2,3)21-14(19)17-9-11(16)7-10-5-6-12(20-4)8-13(10)18/h5-6,8,11,18H,7,9,16H2,1-4H3,(H,17,19). The highest BCUT2D eigenvalue weighted by molar-refractivity contribution is 5.67. The van der Waals surface area contributed by atoms with Crippen LogP contribution in [0.1, 0.15) is 26.3 Å². The van der Waals surface area contributed by atoms with Crippen LogP contribution in [0.3, 0.4) is 0 Å². The monoisotopic (exact) mass is 296 g/mol. The summed E-state index contributed by atoms with van der Waals surface area (Å²) in [6.45, 7) is 5.64. The second kappa shape index (κ2) is 7.17. The van der Waals surface area contributed by atoms with E-state index in [9.17, 15) is 9.90 Å². The van der Waals surface area contributed by atoms with Crippen LogP contribution < -0.4 is 15.8 Å². The molecule has 6 heteroatoms. The molecule has 0 heterocycles. The predicted molar refractivity (Wildman–Crippen MR) is 80.6 cm³/mol. The van der Waals surface area contributed by atoms with Crippen molar-refractivity contribution in [1.82, 2.24) is 5.32 Å². The minimum atomic E-state index is -0.539. The molecule has 21 heavy (non-hydrogen) atoms. The molecule has 0 aliphatic rings. The van der Waals surface area contributed by atoms with E-state index >= 15 is 0 Å². The fourth-order valence-corrected chi connectivity index (χ4v) is 1.73. The largest absolute Gasteiger partial charge is 0.508 e. The third-order valence-corrected chi connectivity index (χ3v) is 2.68. The van der Waals surface area contributed by atoms with Crippen LogP contribution in [-0.4, -0.2) is 36.5 Å². The van der Waals surface area contributed by atoms with Gasteiger partial charge in [-0.25, -0.2) is 4.79 Å². The molecule has 0 aromatic heterocycles. The van der Waals surface area contributed by atoms with E-state index in [1.807, 2.05) is 0 Å². The van der Waals surface area contributed by atoms with Crippen molar-refractivity contribution < 1.29 is 19.4 Å². The molecule has 1 atom stereocenters. The van der Waals surface area contributed by atoms with Gasteiger partial charge in [0.15, 0.2) is 0 Å². The molecule has 0 saturated heterocycles. The van der Waals surface area contributed by atoms with Crippen molar-refractivity contribution in [3.8, 4) is 11.5 Å². The number of aromatic hydroxyl groups is 1. The fraction of sp³-hybridized carbons (Fsp3) is 0.533. The zero-order chi connectivity index (χ0) is 16.0. The Kier molecular flexibility index (Phi) is 5.84. The number of hydrogen-bond donors (Lipinski definition) is 3. The van der Waals surface area contributed by atoms with Gasteiger partial charge >= 0.3 is 6.09 Å². The smallest absolute Gasteiger partial charge is 0.407 e. The Morgan fingerprint density at radius 2 is 2.10 bits per heavy atom. The zero-order valence-electron chi connectivity index (χ0n) is 13.0. The van der Waals surface area contributed by atoms with Gasteiger partial charge in [0.1, 0.15) is 17.1 Å². The van der Waals surface area contributed by atoms with E-state index in [1.54, 1.807) is 32.9 Å². The number of phenolic OH excluding ortho intramolecular Hbond substituents is 1. The van der Waals surface area contributed by atoms with Crippen LogP contribution >= 0.6 is 0 Å². The van der Waals surface area contributed by atoms with Crippen LogP contribution in [0.5, 0.6) is 11.5 Å². The number of nitrogens with two attached hydrogens (primary N) is 1. The number of methoxy groups -OCH3 is 1. The number of nitrogens with one attached hydrogen (secondary N) is 1. The van der Waals surface area contributed by atoms with Crippen molar-refractivity contribution in [3.63, 3.8) is 0 Å². The third kappa shape index (κ3) is 6.35. The minimum Gasteiger partial charge on any atom is -0.508 e. The van der Waals surface area contributed by atoms with Crippen LogP contribution in [0.4, 0.5) is 4.79 Å². The molecule has 118 valence electrons. The van der Waals surface area contributed by atoms with Crippen LogP contribution in [0, 0.1) is 0 Å². The molecule has 6 nitrogen and oxygen atoms in total. The lowest BCUT2D eigenvalue weighted by molar-refractivity contribution is 0.0524. The first-order valence-corrected chi connectivity index (χ1v) is 6.79. The summed E-state index contributed by atoms with van der Waals surface area (Å²) in [5, 5.41) is 12.5. The summed E-state index contributed by atoms with van der Waals surface area (Å²) in [7, 11) is 1.53. The average molecular weight is 296 g/mol. The molecule has 1 amide bonds. The number of ether oxygens (including phenoxy) is 2. The summed E-state index contributed by atoms with van der Waals surface area (Å²) in [5.74, 6) is 0.707. The highest BCUT2D eigenvalue weighted by atomic mass is 16.6. The fourth-order valence-electron chi connectivity index (χ4n) is 1.73. The Morgan fingerprint density at radius 1 is 1.43 bits per heavy atom. The number of phenols is 1. The number of carbonyl (C=O) groups is 1. The van der Waals surface area contributed by atoms with Crippen molar-refractivity contribution in [1.29, 1.82) is 0 Å². The quantitative estimate of drug-likeness (QED) is 0.770. The van der Waals surface area contributed by atoms with E-state index in [-0.39, 0.29) is 18.3 Å². The van der Waals surface area contributed by atoms with Gasteiger partial charge in [0.25, 0.3) is 0 Å². The van der Waals surface area contributed by atoms with E-state index in [0.717, 1.165) is 0 Å². The van der Waals surface area contributed by atoms with Crippen LogP contribution in [0.25, 0.3) is 0 Å². The maximum absolute atomic E-state index is 11.5. The van der Waals surface area contributed by atoms with E-state index in [1.165, 1.54) is 13.2 Å². The van der Waals surface area contributed by atoms with Crippen molar-refractivity contribution >= 4 is 6.09 Å². The van der Waals surface area contributed by atoms with Crippen LogP contribution in [0.15, 0.2) is 18.2 Å². The summed E-state index contributed by atoms with van der Waals surface area (Å²) in [6, 6.07) is 4.71. The van der Waals surface area contributed by atoms with Gasteiger partial charge in [-0.15, -0.1) is 0 Å². The molecule has 0 aliphatic carbocycles. The van der Waals surface area contributed by atoms with Gasteiger partial charge in [0.05, 0.1) is 7.11 Å². The Balaban J connectivity index is 2.47. The number of hydrogen-bond acceptors (Lipinski definition) is 5. The molecular formula is C15H24N2O4. The minimum absolute atomic E-state index is 0.127. The van der Waals surface area contributed by atoms with Crippen molar-refractivity contribution in [2.45, 2.75) is 38.8 Å². The van der Waals surface area contributed by atoms with E-state index in [2.05, 4.69) is 5.32 Å². The number of rotatable bonds is 5. The molecular weight excluding hydrogens is 272 g/mol. The summed E-state index contributed by atoms with van der Waals surface area (Å²) in [6.07, 6.45) is -0.0667. The van der Waals surface area contributed by atoms with Crippen molar-refractivity contribution in [2.24, 2.45) is 5.73 Å². The first-order valence-electron chi connectivity index (χ1n) is 6.79. The molecule has 0 bridgehead atoms. The Hall–Kier alpha value is -1.95. The lowest BCUT2D eigenvalue weighted by Crippen LogP contribution is -2.41. The van der Waals surface area contributed by atoms with Crippen LogP contribution in [-0.2, 0) is 11.2 Å². The average Bonchev–Trinajstić information content (AvgIpc) is 2.37. The summed E-state index contributed by atoms with van der Waals surface area (Å²) >= 11 is 0. The van der Waals surface area contributed by atoms with E-state index in [0.29, 0.717) is 17.7 Å². The van der Waals surface area contributed by atoms with Gasteiger partial charge in [-0.05, 0) is 38.8 Å². The molecule has 1 rings (SSSR count). The van der Waals surface area contributed by atoms with Crippen LogP contribution in [0.2, 0.25) is 0 Å². The van der Waals surface area contributed by atoms with Gasteiger partial charge in [-0.3, -0.25) is 0 Å². The number of benzene rings is 1. The molecule has 0 aliphatic heterocycles. The summed E-state index contributed by atoms with van der Waals surface area (Å²) in [5.41, 5.74) is 6.11. The second-order valence-electron chi connectivity index (χ2n) is 5.84. The molecule has 0 radical (unpaired) electrons. The lowest BCUT2D eigenvalue weighted by Gasteiger charge is -2.21. The predicted octanol–water partition coefficient (Wildman–Crippen LogP) is 1.80. The zero-order valence-corrected chi connectivity index (χ0v) is 13.0. The SMILES string of the molecule is COc1ccc(CC(N)CNC(=O)OC(C)(C)C)c(O)c1. The normalized spacial score (nSPS) is 12.6. The molecule has 1 unspecified atom stereocenters. The Bertz CT molecular complexity index is 483. The lowest BCUT2D eigenvalue weighted by atomic mass is 10.1. The molecule has 0 fully saturated rings. The number of alkyl carbamates (subject to hydrolysis) is 1. The molecule has 0 spiro atoms.